The minimum Gasteiger partial charge on any atom is -0.339 e. The van der Waals surface area contributed by atoms with E-state index < -0.39 is 0 Å². The highest BCUT2D eigenvalue weighted by molar-refractivity contribution is 5.93. The summed E-state index contributed by atoms with van der Waals surface area (Å²) in [5, 5.41) is 10.5. The summed E-state index contributed by atoms with van der Waals surface area (Å²) < 4.78 is 2.23. The maximum absolute atomic E-state index is 13.5. The number of hydrogen-bond donors (Lipinski definition) is 0. The fraction of sp³-hybridized carbons (Fsp3) is 0.467. The van der Waals surface area contributed by atoms with Gasteiger partial charge >= 0.3 is 0 Å². The first-order valence-electron chi connectivity index (χ1n) is 13.9. The number of aryl methyl sites for hydroxylation is 1. The number of aromatic nitrogens is 4. The van der Waals surface area contributed by atoms with Crippen molar-refractivity contribution in [3.8, 4) is 0 Å². The van der Waals surface area contributed by atoms with Crippen LogP contribution in [0.1, 0.15) is 74.2 Å². The molecule has 1 amide bonds. The Morgan fingerprint density at radius 3 is 2.46 bits per heavy atom. The first-order valence-corrected chi connectivity index (χ1v) is 13.9. The molecule has 1 aliphatic heterocycles. The van der Waals surface area contributed by atoms with Crippen molar-refractivity contribution in [2.75, 3.05) is 31.1 Å². The van der Waals surface area contributed by atoms with Crippen LogP contribution in [0.2, 0.25) is 0 Å². The van der Waals surface area contributed by atoms with E-state index in [-0.39, 0.29) is 11.8 Å². The highest BCUT2D eigenvalue weighted by atomic mass is 16.2. The highest BCUT2D eigenvalue weighted by Gasteiger charge is 2.30. The van der Waals surface area contributed by atoms with Gasteiger partial charge in [0, 0.05) is 37.5 Å². The third-order valence-electron chi connectivity index (χ3n) is 8.25. The van der Waals surface area contributed by atoms with Crippen LogP contribution in [-0.4, -0.2) is 56.6 Å². The van der Waals surface area contributed by atoms with Gasteiger partial charge in [-0.1, -0.05) is 68.1 Å². The molecular formula is C30H36N6O. The lowest BCUT2D eigenvalue weighted by Gasteiger charge is -2.37. The number of anilines is 1. The molecule has 2 aliphatic rings. The van der Waals surface area contributed by atoms with E-state index in [1.807, 2.05) is 23.1 Å². The van der Waals surface area contributed by atoms with Crippen molar-refractivity contribution in [2.24, 2.45) is 0 Å². The number of piperazine rings is 1. The summed E-state index contributed by atoms with van der Waals surface area (Å²) in [6.45, 7) is 7.09. The summed E-state index contributed by atoms with van der Waals surface area (Å²) in [5.41, 5.74) is 4.15. The third kappa shape index (κ3) is 4.45. The molecule has 1 atom stereocenters. The molecule has 0 bridgehead atoms. The number of amides is 1. The number of carbonyl (C=O) groups excluding carboxylic acids is 1. The molecule has 192 valence electrons. The van der Waals surface area contributed by atoms with Crippen LogP contribution < -0.4 is 4.90 Å². The van der Waals surface area contributed by atoms with E-state index in [9.17, 15) is 4.79 Å². The van der Waals surface area contributed by atoms with Gasteiger partial charge in [-0.05, 0) is 43.9 Å². The Morgan fingerprint density at radius 1 is 0.973 bits per heavy atom. The zero-order valence-corrected chi connectivity index (χ0v) is 21.9. The van der Waals surface area contributed by atoms with Crippen molar-refractivity contribution in [1.29, 1.82) is 0 Å². The Labute approximate surface area is 218 Å². The van der Waals surface area contributed by atoms with Crippen molar-refractivity contribution >= 4 is 28.4 Å². The molecule has 0 radical (unpaired) electrons. The largest absolute Gasteiger partial charge is 0.339 e. The summed E-state index contributed by atoms with van der Waals surface area (Å²) in [7, 11) is 0. The van der Waals surface area contributed by atoms with Gasteiger partial charge < -0.3 is 9.80 Å². The molecule has 1 aliphatic carbocycles. The van der Waals surface area contributed by atoms with Gasteiger partial charge in [-0.25, -0.2) is 9.38 Å². The smallest absolute Gasteiger partial charge is 0.230 e. The molecule has 2 aromatic heterocycles. The van der Waals surface area contributed by atoms with Crippen molar-refractivity contribution in [2.45, 2.75) is 64.2 Å². The average Bonchev–Trinajstić information content (AvgIpc) is 3.40. The van der Waals surface area contributed by atoms with Crippen LogP contribution in [0, 0.1) is 6.92 Å². The van der Waals surface area contributed by atoms with Crippen LogP contribution in [0.3, 0.4) is 0 Å². The lowest BCUT2D eigenvalue weighted by molar-refractivity contribution is -0.133. The second-order valence-corrected chi connectivity index (χ2v) is 10.7. The second-order valence-electron chi connectivity index (χ2n) is 10.7. The minimum absolute atomic E-state index is 0.0859. The first-order chi connectivity index (χ1) is 18.1. The molecule has 7 heteroatoms. The summed E-state index contributed by atoms with van der Waals surface area (Å²) in [6, 6.07) is 16.6. The van der Waals surface area contributed by atoms with E-state index in [4.69, 9.17) is 15.2 Å². The standard InChI is InChI=1S/C30H36N6O/c1-3-24(22-10-6-4-7-11-22)29(37)34-16-18-35(19-17-34)30-31-26-15-14-21(2)20-25(26)28-33-32-27(36(28)30)23-12-8-5-9-13-23/h4,6-7,10-11,14-15,20,23-24H,3,5,8-9,12-13,16-19H2,1-2H3. The van der Waals surface area contributed by atoms with Crippen molar-refractivity contribution in [3.05, 3.63) is 65.5 Å². The number of nitrogens with zero attached hydrogens (tertiary/aromatic N) is 6. The summed E-state index contributed by atoms with van der Waals surface area (Å²) in [5.74, 6) is 2.53. The molecule has 1 saturated heterocycles. The fourth-order valence-corrected chi connectivity index (χ4v) is 6.17. The van der Waals surface area contributed by atoms with Crippen LogP contribution in [0.5, 0.6) is 0 Å². The number of rotatable bonds is 5. The van der Waals surface area contributed by atoms with E-state index in [0.29, 0.717) is 19.0 Å². The van der Waals surface area contributed by atoms with Crippen LogP contribution in [0.25, 0.3) is 16.6 Å². The quantitative estimate of drug-likeness (QED) is 0.366. The number of benzene rings is 2. The third-order valence-corrected chi connectivity index (χ3v) is 8.25. The molecule has 7 nitrogen and oxygen atoms in total. The zero-order chi connectivity index (χ0) is 25.4. The zero-order valence-electron chi connectivity index (χ0n) is 21.9. The lowest BCUT2D eigenvalue weighted by atomic mass is 9.89. The van der Waals surface area contributed by atoms with Gasteiger partial charge in [-0.3, -0.25) is 4.79 Å². The lowest BCUT2D eigenvalue weighted by Crippen LogP contribution is -2.50. The number of fused-ring (bicyclic) bond motifs is 3. The maximum atomic E-state index is 13.5. The minimum atomic E-state index is -0.0859. The second kappa shape index (κ2) is 10.1. The monoisotopic (exact) mass is 496 g/mol. The average molecular weight is 497 g/mol. The molecule has 1 unspecified atom stereocenters. The first kappa shape index (κ1) is 23.9. The van der Waals surface area contributed by atoms with Gasteiger partial charge in [0.25, 0.3) is 0 Å². The molecule has 0 spiro atoms. The molecule has 2 fully saturated rings. The van der Waals surface area contributed by atoms with E-state index in [0.717, 1.165) is 66.2 Å². The molecule has 3 heterocycles. The molecule has 37 heavy (non-hydrogen) atoms. The van der Waals surface area contributed by atoms with E-state index >= 15 is 0 Å². The van der Waals surface area contributed by atoms with Crippen LogP contribution in [-0.2, 0) is 4.79 Å². The summed E-state index contributed by atoms with van der Waals surface area (Å²) in [4.78, 5) is 23.0. The van der Waals surface area contributed by atoms with Crippen molar-refractivity contribution in [3.63, 3.8) is 0 Å². The Hall–Kier alpha value is -3.48. The highest BCUT2D eigenvalue weighted by Crippen LogP contribution is 2.35. The molecule has 0 N–H and O–H groups in total. The Bertz CT molecular complexity index is 1400. The Morgan fingerprint density at radius 2 is 1.73 bits per heavy atom. The van der Waals surface area contributed by atoms with Gasteiger partial charge in [-0.2, -0.15) is 0 Å². The molecule has 2 aromatic carbocycles. The normalized spacial score (nSPS) is 18.0. The molecule has 6 rings (SSSR count). The Kier molecular flexibility index (Phi) is 6.53. The van der Waals surface area contributed by atoms with E-state index in [1.54, 1.807) is 0 Å². The molecule has 4 aromatic rings. The van der Waals surface area contributed by atoms with E-state index in [1.165, 1.54) is 24.8 Å². The Balaban J connectivity index is 1.32. The predicted octanol–water partition coefficient (Wildman–Crippen LogP) is 5.48. The molecular weight excluding hydrogens is 460 g/mol. The topological polar surface area (TPSA) is 66.6 Å². The van der Waals surface area contributed by atoms with Crippen LogP contribution in [0.4, 0.5) is 5.95 Å². The maximum Gasteiger partial charge on any atom is 0.230 e. The van der Waals surface area contributed by atoms with Crippen molar-refractivity contribution < 1.29 is 4.79 Å². The van der Waals surface area contributed by atoms with E-state index in [2.05, 4.69) is 53.5 Å². The predicted molar refractivity (Wildman–Crippen MR) is 147 cm³/mol. The molecule has 1 saturated carbocycles. The summed E-state index contributed by atoms with van der Waals surface area (Å²) >= 11 is 0. The van der Waals surface area contributed by atoms with Crippen molar-refractivity contribution in [1.82, 2.24) is 24.5 Å². The summed E-state index contributed by atoms with van der Waals surface area (Å²) in [6.07, 6.45) is 6.92. The van der Waals surface area contributed by atoms with Crippen LogP contribution in [0.15, 0.2) is 48.5 Å². The van der Waals surface area contributed by atoms with Gasteiger partial charge in [0.2, 0.25) is 11.9 Å². The number of hydrogen-bond acceptors (Lipinski definition) is 5. The van der Waals surface area contributed by atoms with Gasteiger partial charge in [-0.15, -0.1) is 10.2 Å². The van der Waals surface area contributed by atoms with Gasteiger partial charge in [0.1, 0.15) is 5.82 Å². The fourth-order valence-electron chi connectivity index (χ4n) is 6.17. The SMILES string of the molecule is CCC(C(=O)N1CCN(c2nc3ccc(C)cc3c3nnc(C4CCCCC4)n23)CC1)c1ccccc1. The number of carbonyl (C=O) groups is 1. The van der Waals surface area contributed by atoms with Crippen LogP contribution >= 0.6 is 0 Å². The van der Waals surface area contributed by atoms with Gasteiger partial charge in [0.05, 0.1) is 11.4 Å². The van der Waals surface area contributed by atoms with Gasteiger partial charge in [0.15, 0.2) is 5.65 Å².